The van der Waals surface area contributed by atoms with Crippen molar-refractivity contribution in [2.75, 3.05) is 13.2 Å². The van der Waals surface area contributed by atoms with Crippen molar-refractivity contribution in [1.29, 1.82) is 0 Å². The Hall–Kier alpha value is -2.28. The van der Waals surface area contributed by atoms with Crippen LogP contribution in [0.1, 0.15) is 64.9 Å². The molecule has 2 fully saturated rings. The average Bonchev–Trinajstić information content (AvgIpc) is 2.87. The highest BCUT2D eigenvalue weighted by molar-refractivity contribution is 6.30. The number of hydrogen-bond acceptors (Lipinski definition) is 8. The van der Waals surface area contributed by atoms with Gasteiger partial charge in [-0.05, 0) is 76.9 Å². The first kappa shape index (κ1) is 35.9. The van der Waals surface area contributed by atoms with Gasteiger partial charge in [-0.2, -0.15) is 0 Å². The molecule has 0 spiro atoms. The van der Waals surface area contributed by atoms with E-state index in [4.69, 9.17) is 53.1 Å². The van der Waals surface area contributed by atoms with Crippen LogP contribution in [0.3, 0.4) is 0 Å². The summed E-state index contributed by atoms with van der Waals surface area (Å²) in [7, 11) is 0. The predicted molar refractivity (Wildman–Crippen MR) is 161 cm³/mol. The maximum absolute atomic E-state index is 9.77. The molecule has 0 bridgehead atoms. The van der Waals surface area contributed by atoms with Crippen LogP contribution in [0.2, 0.25) is 10.0 Å². The summed E-state index contributed by atoms with van der Waals surface area (Å²) >= 11 is 12.0. The van der Waals surface area contributed by atoms with Gasteiger partial charge in [-0.1, -0.05) is 47.5 Å². The molecule has 2 saturated heterocycles. The lowest BCUT2D eigenvalue weighted by Crippen LogP contribution is -2.55. The van der Waals surface area contributed by atoms with Crippen LogP contribution >= 0.6 is 23.2 Å². The van der Waals surface area contributed by atoms with E-state index in [1.807, 2.05) is 36.4 Å². The number of halogens is 2. The van der Waals surface area contributed by atoms with Crippen LogP contribution in [0.5, 0.6) is 0 Å². The molecule has 2 aliphatic heterocycles. The number of morpholine rings is 2. The largest absolute Gasteiger partial charge is 0.479 e. The van der Waals surface area contributed by atoms with Crippen molar-refractivity contribution < 1.29 is 39.5 Å². The van der Waals surface area contributed by atoms with E-state index in [1.165, 1.54) is 0 Å². The number of aliphatic hydroxyl groups is 2. The van der Waals surface area contributed by atoms with Gasteiger partial charge in [0.2, 0.25) is 0 Å². The highest BCUT2D eigenvalue weighted by Crippen LogP contribution is 2.30. The maximum Gasteiger partial charge on any atom is 0.335 e. The number of carbonyl (C=O) groups is 2. The molecule has 10 nitrogen and oxygen atoms in total. The lowest BCUT2D eigenvalue weighted by Gasteiger charge is -2.41. The Bertz CT molecular complexity index is 1100. The Labute approximate surface area is 256 Å². The van der Waals surface area contributed by atoms with E-state index in [2.05, 4.69) is 64.3 Å². The molecule has 42 heavy (non-hydrogen) atoms. The first-order valence-corrected chi connectivity index (χ1v) is 14.3. The second kappa shape index (κ2) is 15.4. The topological polar surface area (TPSA) is 158 Å². The SMILES string of the molecule is C[C@@H]1NC(C)(C)CO[C@H]1c1cccc(Cl)c1.C[C@@H]1NC(C)(C)CO[C@H]1c1cccc(Cl)c1.O=C(O)[C@@H](O)[C@H](O)C(=O)O. The Morgan fingerprint density at radius 1 is 0.762 bits per heavy atom. The Morgan fingerprint density at radius 3 is 1.36 bits per heavy atom. The zero-order valence-corrected chi connectivity index (χ0v) is 26.2. The summed E-state index contributed by atoms with van der Waals surface area (Å²) in [5.41, 5.74) is 2.38. The molecular weight excluding hydrogens is 587 g/mol. The molecule has 0 aliphatic carbocycles. The summed E-state index contributed by atoms with van der Waals surface area (Å²) in [5.74, 6) is -3.54. The molecule has 2 aromatic carbocycles. The zero-order valence-electron chi connectivity index (χ0n) is 24.7. The van der Waals surface area contributed by atoms with Crippen LogP contribution in [-0.2, 0) is 19.1 Å². The smallest absolute Gasteiger partial charge is 0.335 e. The third kappa shape index (κ3) is 11.1. The average molecular weight is 630 g/mol. The fraction of sp³-hybridized carbons (Fsp3) is 0.533. The zero-order chi connectivity index (χ0) is 31.8. The number of aliphatic carboxylic acids is 2. The van der Waals surface area contributed by atoms with Crippen molar-refractivity contribution >= 4 is 35.1 Å². The summed E-state index contributed by atoms with van der Waals surface area (Å²) in [4.78, 5) is 19.5. The van der Waals surface area contributed by atoms with Gasteiger partial charge < -0.3 is 40.5 Å². The standard InChI is InChI=1S/2C13H18ClNO.C4H6O6/c2*1-9-12(16-8-13(2,3)15-9)10-5-4-6-11(14)7-10;5-1(3(7)8)2(6)4(9)10/h2*4-7,9,12,15H,8H2,1-3H3;1-2,5-6H,(H,7,8)(H,9,10)/t2*9-,12+;1-,2-/m000/s1. The lowest BCUT2D eigenvalue weighted by molar-refractivity contribution is -0.165. The van der Waals surface area contributed by atoms with Crippen LogP contribution in [0.15, 0.2) is 48.5 Å². The molecule has 6 atom stereocenters. The van der Waals surface area contributed by atoms with E-state index in [0.717, 1.165) is 21.2 Å². The van der Waals surface area contributed by atoms with Crippen LogP contribution in [-0.4, -0.2) is 80.9 Å². The second-order valence-electron chi connectivity index (χ2n) is 11.8. The molecule has 234 valence electrons. The van der Waals surface area contributed by atoms with Gasteiger partial charge in [-0.25, -0.2) is 9.59 Å². The first-order valence-electron chi connectivity index (χ1n) is 13.5. The third-order valence-electron chi connectivity index (χ3n) is 6.55. The summed E-state index contributed by atoms with van der Waals surface area (Å²) in [5, 5.41) is 41.2. The lowest BCUT2D eigenvalue weighted by atomic mass is 9.96. The molecule has 0 saturated carbocycles. The van der Waals surface area contributed by atoms with Crippen molar-refractivity contribution in [2.24, 2.45) is 0 Å². The van der Waals surface area contributed by atoms with Crippen molar-refractivity contribution in [1.82, 2.24) is 10.6 Å². The fourth-order valence-electron chi connectivity index (χ4n) is 4.76. The summed E-state index contributed by atoms with van der Waals surface area (Å²) < 4.78 is 11.9. The highest BCUT2D eigenvalue weighted by Gasteiger charge is 2.34. The fourth-order valence-corrected chi connectivity index (χ4v) is 5.16. The number of benzene rings is 2. The Balaban J connectivity index is 0.000000228. The number of rotatable bonds is 5. The normalized spacial score (nSPS) is 25.9. The number of hydrogen-bond donors (Lipinski definition) is 6. The first-order chi connectivity index (χ1) is 19.4. The molecule has 6 N–H and O–H groups in total. The number of ether oxygens (including phenoxy) is 2. The molecule has 2 aliphatic rings. The van der Waals surface area contributed by atoms with Crippen LogP contribution in [0, 0.1) is 0 Å². The molecular formula is C30H42Cl2N2O8. The number of nitrogens with one attached hydrogen (secondary N) is 2. The third-order valence-corrected chi connectivity index (χ3v) is 7.02. The van der Waals surface area contributed by atoms with E-state index >= 15 is 0 Å². The van der Waals surface area contributed by atoms with Crippen LogP contribution in [0.4, 0.5) is 0 Å². The Kier molecular flexibility index (Phi) is 13.2. The van der Waals surface area contributed by atoms with Crippen molar-refractivity contribution in [3.05, 3.63) is 69.7 Å². The number of carboxylic acid groups (broad SMARTS) is 2. The minimum atomic E-state index is -2.27. The Morgan fingerprint density at radius 2 is 1.10 bits per heavy atom. The minimum Gasteiger partial charge on any atom is -0.479 e. The van der Waals surface area contributed by atoms with Crippen molar-refractivity contribution in [3.8, 4) is 0 Å². The van der Waals surface area contributed by atoms with E-state index in [9.17, 15) is 9.59 Å². The van der Waals surface area contributed by atoms with Gasteiger partial charge in [0.25, 0.3) is 0 Å². The molecule has 4 rings (SSSR count). The van der Waals surface area contributed by atoms with Gasteiger partial charge in [0, 0.05) is 33.2 Å². The summed E-state index contributed by atoms with van der Waals surface area (Å²) in [6, 6.07) is 16.4. The van der Waals surface area contributed by atoms with Crippen LogP contribution < -0.4 is 10.6 Å². The number of aliphatic hydroxyl groups excluding tert-OH is 2. The van der Waals surface area contributed by atoms with Gasteiger partial charge in [-0.15, -0.1) is 0 Å². The van der Waals surface area contributed by atoms with Crippen molar-refractivity contribution in [2.45, 2.75) is 89.1 Å². The van der Waals surface area contributed by atoms with Gasteiger partial charge in [0.05, 0.1) is 25.4 Å². The van der Waals surface area contributed by atoms with E-state index in [0.29, 0.717) is 25.3 Å². The highest BCUT2D eigenvalue weighted by atomic mass is 35.5. The van der Waals surface area contributed by atoms with E-state index in [-0.39, 0.29) is 23.3 Å². The molecule has 0 amide bonds. The van der Waals surface area contributed by atoms with Crippen LogP contribution in [0.25, 0.3) is 0 Å². The summed E-state index contributed by atoms with van der Waals surface area (Å²) in [6.07, 6.45) is -4.35. The van der Waals surface area contributed by atoms with E-state index < -0.39 is 24.1 Å². The summed E-state index contributed by atoms with van der Waals surface area (Å²) in [6.45, 7) is 14.3. The second-order valence-corrected chi connectivity index (χ2v) is 12.6. The van der Waals surface area contributed by atoms with Gasteiger partial charge in [-0.3, -0.25) is 0 Å². The monoisotopic (exact) mass is 628 g/mol. The predicted octanol–water partition coefficient (Wildman–Crippen LogP) is 4.21. The van der Waals surface area contributed by atoms with Gasteiger partial charge >= 0.3 is 11.9 Å². The van der Waals surface area contributed by atoms with E-state index in [1.54, 1.807) is 0 Å². The molecule has 2 aromatic rings. The molecule has 2 heterocycles. The van der Waals surface area contributed by atoms with Gasteiger partial charge in [0.15, 0.2) is 12.2 Å². The quantitative estimate of drug-likeness (QED) is 0.283. The van der Waals surface area contributed by atoms with Gasteiger partial charge in [0.1, 0.15) is 0 Å². The van der Waals surface area contributed by atoms with Crippen molar-refractivity contribution in [3.63, 3.8) is 0 Å². The minimum absolute atomic E-state index is 0.0501. The molecule has 0 radical (unpaired) electrons. The maximum atomic E-state index is 9.77. The molecule has 0 aromatic heterocycles. The number of carboxylic acids is 2. The molecule has 12 heteroatoms. The molecule has 0 unspecified atom stereocenters.